The highest BCUT2D eigenvalue weighted by molar-refractivity contribution is 5.91. The molecule has 0 saturated carbocycles. The van der Waals surface area contributed by atoms with Crippen molar-refractivity contribution in [3.05, 3.63) is 35.9 Å². The Balaban J connectivity index is 1.94. The summed E-state index contributed by atoms with van der Waals surface area (Å²) in [4.78, 5) is 35.5. The number of carbonyl (C=O) groups is 3. The molecule has 0 bridgehead atoms. The van der Waals surface area contributed by atoms with Gasteiger partial charge in [0.2, 0.25) is 11.8 Å². The molecule has 1 saturated heterocycles. The number of carboxylic acid groups (broad SMARTS) is 1. The lowest BCUT2D eigenvalue weighted by molar-refractivity contribution is -0.151. The Labute approximate surface area is 127 Å². The highest BCUT2D eigenvalue weighted by Crippen LogP contribution is 2.20. The molecule has 2 amide bonds. The maximum atomic E-state index is 11.9. The first-order chi connectivity index (χ1) is 10.5. The number of aliphatic carboxylic acids is 1. The summed E-state index contributed by atoms with van der Waals surface area (Å²) in [6.07, 6.45) is -0.0439. The lowest BCUT2D eigenvalue weighted by Crippen LogP contribution is -2.45. The lowest BCUT2D eigenvalue weighted by atomic mass is 10.1. The quantitative estimate of drug-likeness (QED) is 0.736. The number of carbonyl (C=O) groups excluding carboxylic acids is 2. The lowest BCUT2D eigenvalue weighted by Gasteiger charge is -2.24. The van der Waals surface area contributed by atoms with E-state index in [-0.39, 0.29) is 32.1 Å². The van der Waals surface area contributed by atoms with Crippen LogP contribution in [-0.2, 0) is 25.7 Å². The number of benzene rings is 1. The molecular formula is C15H18N2O5. The van der Waals surface area contributed by atoms with Gasteiger partial charge in [0.15, 0.2) is 6.04 Å². The average Bonchev–Trinajstić information content (AvgIpc) is 2.86. The van der Waals surface area contributed by atoms with Crippen LogP contribution in [0.25, 0.3) is 0 Å². The second kappa shape index (κ2) is 7.04. The third-order valence-corrected chi connectivity index (χ3v) is 3.61. The Morgan fingerprint density at radius 2 is 2.05 bits per heavy atom. The Morgan fingerprint density at radius 3 is 2.59 bits per heavy atom. The number of primary amides is 1. The van der Waals surface area contributed by atoms with Gasteiger partial charge >= 0.3 is 5.97 Å². The highest BCUT2D eigenvalue weighted by Gasteiger charge is 2.39. The number of amides is 2. The number of nitrogens with two attached hydrogens (primary N) is 1. The van der Waals surface area contributed by atoms with Crippen molar-refractivity contribution >= 4 is 17.8 Å². The van der Waals surface area contributed by atoms with E-state index in [1.54, 1.807) is 0 Å². The minimum absolute atomic E-state index is 0.0276. The summed E-state index contributed by atoms with van der Waals surface area (Å²) in [5, 5.41) is 9.28. The number of ether oxygens (including phenoxy) is 1. The Bertz CT molecular complexity index is 560. The zero-order valence-electron chi connectivity index (χ0n) is 12.0. The van der Waals surface area contributed by atoms with Gasteiger partial charge in [0.05, 0.1) is 19.1 Å². The molecule has 1 aromatic rings. The van der Waals surface area contributed by atoms with Crippen LogP contribution in [0, 0.1) is 5.92 Å². The Morgan fingerprint density at radius 1 is 1.36 bits per heavy atom. The fourth-order valence-corrected chi connectivity index (χ4v) is 2.38. The predicted octanol–water partition coefficient (Wildman–Crippen LogP) is -0.00980. The van der Waals surface area contributed by atoms with Crippen molar-refractivity contribution in [1.29, 1.82) is 0 Å². The number of likely N-dealkylation sites (tertiary alicyclic amines) is 1. The molecule has 2 rings (SSSR count). The Hall–Kier alpha value is -2.41. The SMILES string of the molecule is NC(=O)C1CC(=O)N([C@@H](COCc2ccccc2)C(=O)O)C1. The molecule has 1 unspecified atom stereocenters. The average molecular weight is 306 g/mol. The van der Waals surface area contributed by atoms with Crippen LogP contribution in [-0.4, -0.2) is 47.0 Å². The van der Waals surface area contributed by atoms with Gasteiger partial charge < -0.3 is 20.5 Å². The van der Waals surface area contributed by atoms with Crippen molar-refractivity contribution in [2.75, 3.05) is 13.2 Å². The minimum atomic E-state index is -1.16. The fourth-order valence-electron chi connectivity index (χ4n) is 2.38. The van der Waals surface area contributed by atoms with Crippen molar-refractivity contribution in [3.63, 3.8) is 0 Å². The molecule has 7 heteroatoms. The standard InChI is InChI=1S/C15H18N2O5/c16-14(19)11-6-13(18)17(7-11)12(15(20)21)9-22-8-10-4-2-1-3-5-10/h1-5,11-12H,6-9H2,(H2,16,19)(H,20,21)/t11?,12-/m0/s1. The second-order valence-corrected chi connectivity index (χ2v) is 5.20. The third kappa shape index (κ3) is 3.82. The normalized spacial score (nSPS) is 19.2. The number of hydrogen-bond acceptors (Lipinski definition) is 4. The highest BCUT2D eigenvalue weighted by atomic mass is 16.5. The maximum Gasteiger partial charge on any atom is 0.328 e. The molecule has 0 radical (unpaired) electrons. The molecule has 2 atom stereocenters. The van der Waals surface area contributed by atoms with E-state index in [0.717, 1.165) is 10.5 Å². The van der Waals surface area contributed by atoms with Gasteiger partial charge in [0.1, 0.15) is 0 Å². The molecule has 1 heterocycles. The maximum absolute atomic E-state index is 11.9. The van der Waals surface area contributed by atoms with Gasteiger partial charge in [-0.15, -0.1) is 0 Å². The molecule has 1 aliphatic heterocycles. The van der Waals surface area contributed by atoms with Crippen molar-refractivity contribution in [3.8, 4) is 0 Å². The second-order valence-electron chi connectivity index (χ2n) is 5.20. The molecule has 0 spiro atoms. The van der Waals surface area contributed by atoms with Gasteiger partial charge in [-0.25, -0.2) is 4.79 Å². The molecule has 22 heavy (non-hydrogen) atoms. The smallest absolute Gasteiger partial charge is 0.328 e. The van der Waals surface area contributed by atoms with Gasteiger partial charge in [-0.2, -0.15) is 0 Å². The van der Waals surface area contributed by atoms with Crippen molar-refractivity contribution in [1.82, 2.24) is 4.90 Å². The predicted molar refractivity (Wildman–Crippen MR) is 76.5 cm³/mol. The minimum Gasteiger partial charge on any atom is -0.480 e. The van der Waals surface area contributed by atoms with Crippen LogP contribution >= 0.6 is 0 Å². The van der Waals surface area contributed by atoms with Crippen molar-refractivity contribution in [2.45, 2.75) is 19.1 Å². The summed E-state index contributed by atoms with van der Waals surface area (Å²) >= 11 is 0. The molecule has 7 nitrogen and oxygen atoms in total. The summed E-state index contributed by atoms with van der Waals surface area (Å²) < 4.78 is 5.41. The number of nitrogens with zero attached hydrogens (tertiary/aromatic N) is 1. The topological polar surface area (TPSA) is 110 Å². The summed E-state index contributed by atoms with van der Waals surface area (Å²) in [5.74, 6) is -2.78. The Kier molecular flexibility index (Phi) is 5.11. The fraction of sp³-hybridized carbons (Fsp3) is 0.400. The summed E-state index contributed by atoms with van der Waals surface area (Å²) in [5.41, 5.74) is 6.09. The number of rotatable bonds is 7. The monoisotopic (exact) mass is 306 g/mol. The number of hydrogen-bond donors (Lipinski definition) is 2. The summed E-state index contributed by atoms with van der Waals surface area (Å²) in [6.45, 7) is 0.146. The first-order valence-electron chi connectivity index (χ1n) is 6.92. The van der Waals surface area contributed by atoms with Crippen LogP contribution in [0.5, 0.6) is 0 Å². The van der Waals surface area contributed by atoms with E-state index in [1.807, 2.05) is 30.3 Å². The summed E-state index contributed by atoms with van der Waals surface area (Å²) in [6, 6.07) is 8.19. The van der Waals surface area contributed by atoms with Crippen LogP contribution in [0.4, 0.5) is 0 Å². The van der Waals surface area contributed by atoms with E-state index in [4.69, 9.17) is 10.5 Å². The van der Waals surface area contributed by atoms with Crippen LogP contribution in [0.1, 0.15) is 12.0 Å². The van der Waals surface area contributed by atoms with Gasteiger partial charge in [0, 0.05) is 13.0 Å². The molecule has 1 aliphatic rings. The zero-order chi connectivity index (χ0) is 16.1. The molecule has 118 valence electrons. The largest absolute Gasteiger partial charge is 0.480 e. The molecule has 0 aromatic heterocycles. The molecular weight excluding hydrogens is 288 g/mol. The van der Waals surface area contributed by atoms with E-state index >= 15 is 0 Å². The van der Waals surface area contributed by atoms with Crippen molar-refractivity contribution in [2.24, 2.45) is 11.7 Å². The van der Waals surface area contributed by atoms with Gasteiger partial charge in [-0.1, -0.05) is 30.3 Å². The van der Waals surface area contributed by atoms with E-state index in [0.29, 0.717) is 0 Å². The van der Waals surface area contributed by atoms with Crippen LogP contribution in [0.3, 0.4) is 0 Å². The molecule has 1 aromatic carbocycles. The third-order valence-electron chi connectivity index (χ3n) is 3.61. The van der Waals surface area contributed by atoms with Crippen LogP contribution in [0.2, 0.25) is 0 Å². The molecule has 0 aliphatic carbocycles. The van der Waals surface area contributed by atoms with Gasteiger partial charge in [-0.05, 0) is 5.56 Å². The van der Waals surface area contributed by atoms with E-state index < -0.39 is 23.8 Å². The van der Waals surface area contributed by atoms with E-state index in [9.17, 15) is 19.5 Å². The first-order valence-corrected chi connectivity index (χ1v) is 6.92. The molecule has 3 N–H and O–H groups in total. The summed E-state index contributed by atoms with van der Waals surface area (Å²) in [7, 11) is 0. The van der Waals surface area contributed by atoms with Gasteiger partial charge in [0.25, 0.3) is 0 Å². The van der Waals surface area contributed by atoms with Crippen LogP contribution in [0.15, 0.2) is 30.3 Å². The first kappa shape index (κ1) is 16.0. The zero-order valence-corrected chi connectivity index (χ0v) is 12.0. The van der Waals surface area contributed by atoms with Crippen LogP contribution < -0.4 is 5.73 Å². The number of carboxylic acids is 1. The van der Waals surface area contributed by atoms with E-state index in [1.165, 1.54) is 0 Å². The van der Waals surface area contributed by atoms with Gasteiger partial charge in [-0.3, -0.25) is 9.59 Å². The van der Waals surface area contributed by atoms with Crippen molar-refractivity contribution < 1.29 is 24.2 Å². The van der Waals surface area contributed by atoms with E-state index in [2.05, 4.69) is 0 Å². The molecule has 1 fully saturated rings.